The van der Waals surface area contributed by atoms with Gasteiger partial charge in [-0.15, -0.1) is 0 Å². The van der Waals surface area contributed by atoms with E-state index < -0.39 is 30.0 Å². The van der Waals surface area contributed by atoms with Crippen LogP contribution >= 0.6 is 0 Å². The number of rotatable bonds is 5. The second-order valence-corrected chi connectivity index (χ2v) is 4.57. The van der Waals surface area contributed by atoms with Crippen molar-refractivity contribution in [1.82, 2.24) is 9.55 Å². The summed E-state index contributed by atoms with van der Waals surface area (Å²) in [5.41, 5.74) is -0.834. The number of anilines is 1. The molecule has 3 unspecified atom stereocenters. The third-order valence-corrected chi connectivity index (χ3v) is 3.27. The molecule has 2 heterocycles. The number of ether oxygens (including phenoxy) is 3. The van der Waals surface area contributed by atoms with Crippen LogP contribution in [0.25, 0.3) is 0 Å². The Hall–Kier alpha value is -1.58. The maximum Gasteiger partial charge on any atom is 0.351 e. The Morgan fingerprint density at radius 2 is 2.24 bits per heavy atom. The lowest BCUT2D eigenvalue weighted by Gasteiger charge is -2.23. The molecule has 1 aromatic heterocycles. The van der Waals surface area contributed by atoms with Gasteiger partial charge in [-0.25, -0.2) is 4.79 Å². The zero-order chi connectivity index (χ0) is 15.6. The summed E-state index contributed by atoms with van der Waals surface area (Å²) in [6.45, 7) is -0.0681. The molecule has 0 radical (unpaired) electrons. The lowest BCUT2D eigenvalue weighted by atomic mass is 10.1. The number of nitrogens with zero attached hydrogens (tertiary/aromatic N) is 2. The Balaban J connectivity index is 2.37. The van der Waals surface area contributed by atoms with Gasteiger partial charge in [0.25, 0.3) is 0 Å². The Morgan fingerprint density at radius 3 is 2.76 bits per heavy atom. The first kappa shape index (κ1) is 15.8. The van der Waals surface area contributed by atoms with Crippen molar-refractivity contribution in [3.8, 4) is 0 Å². The normalized spacial score (nSPS) is 27.8. The molecule has 0 aromatic carbocycles. The molecule has 1 aliphatic heterocycles. The van der Waals surface area contributed by atoms with Crippen molar-refractivity contribution in [3.05, 3.63) is 22.7 Å². The number of nitrogens with one attached hydrogen (secondary N) is 1. The molecule has 1 N–H and O–H groups in total. The van der Waals surface area contributed by atoms with E-state index in [9.17, 15) is 13.6 Å². The molecule has 0 saturated carbocycles. The van der Waals surface area contributed by atoms with Crippen LogP contribution in [0.1, 0.15) is 6.23 Å². The van der Waals surface area contributed by atoms with Crippen molar-refractivity contribution in [2.24, 2.45) is 0 Å². The average Bonchev–Trinajstić information content (AvgIpc) is 2.69. The highest BCUT2D eigenvalue weighted by Gasteiger charge is 2.60. The largest absolute Gasteiger partial charge is 0.382 e. The standard InChI is InChI=1S/C12H17F2N3O4/c1-15-8-4-5-17(11(18)16-8)10-12(13,14)9(20-3)7(21-10)6-19-2/h4-5,7,9-10H,6H2,1-3H3,(H,15,16,18). The van der Waals surface area contributed by atoms with E-state index in [0.717, 1.165) is 11.7 Å². The van der Waals surface area contributed by atoms with E-state index in [1.54, 1.807) is 7.05 Å². The maximum absolute atomic E-state index is 14.4. The topological polar surface area (TPSA) is 74.6 Å². The van der Waals surface area contributed by atoms with Crippen LogP contribution in [0.2, 0.25) is 0 Å². The third-order valence-electron chi connectivity index (χ3n) is 3.27. The highest BCUT2D eigenvalue weighted by Crippen LogP contribution is 2.43. The molecule has 7 nitrogen and oxygen atoms in total. The number of alkyl halides is 2. The highest BCUT2D eigenvalue weighted by atomic mass is 19.3. The number of halogens is 2. The van der Waals surface area contributed by atoms with Gasteiger partial charge in [-0.1, -0.05) is 0 Å². The van der Waals surface area contributed by atoms with Crippen LogP contribution in [0.3, 0.4) is 0 Å². The van der Waals surface area contributed by atoms with Gasteiger partial charge < -0.3 is 19.5 Å². The van der Waals surface area contributed by atoms with E-state index in [1.165, 1.54) is 19.4 Å². The summed E-state index contributed by atoms with van der Waals surface area (Å²) >= 11 is 0. The monoisotopic (exact) mass is 305 g/mol. The van der Waals surface area contributed by atoms with Crippen LogP contribution in [0, 0.1) is 0 Å². The van der Waals surface area contributed by atoms with Crippen LogP contribution in [0.15, 0.2) is 17.1 Å². The van der Waals surface area contributed by atoms with Crippen LogP contribution in [0.4, 0.5) is 14.6 Å². The molecule has 0 aliphatic carbocycles. The molecular weight excluding hydrogens is 288 g/mol. The van der Waals surface area contributed by atoms with Gasteiger partial charge in [0.05, 0.1) is 6.61 Å². The lowest BCUT2D eigenvalue weighted by molar-refractivity contribution is -0.147. The van der Waals surface area contributed by atoms with E-state index >= 15 is 0 Å². The van der Waals surface area contributed by atoms with E-state index in [4.69, 9.17) is 14.2 Å². The zero-order valence-corrected chi connectivity index (χ0v) is 11.9. The minimum Gasteiger partial charge on any atom is -0.382 e. The van der Waals surface area contributed by atoms with Gasteiger partial charge in [-0.2, -0.15) is 13.8 Å². The Labute approximate surface area is 119 Å². The van der Waals surface area contributed by atoms with Crippen molar-refractivity contribution in [2.45, 2.75) is 24.4 Å². The molecule has 21 heavy (non-hydrogen) atoms. The lowest BCUT2D eigenvalue weighted by Crippen LogP contribution is -2.43. The molecule has 0 amide bonds. The summed E-state index contributed by atoms with van der Waals surface area (Å²) in [7, 11) is 4.11. The molecular formula is C12H17F2N3O4. The van der Waals surface area contributed by atoms with E-state index in [0.29, 0.717) is 0 Å². The van der Waals surface area contributed by atoms with Gasteiger partial charge in [-0.05, 0) is 6.07 Å². The number of methoxy groups -OCH3 is 2. The maximum atomic E-state index is 14.4. The fraction of sp³-hybridized carbons (Fsp3) is 0.667. The average molecular weight is 305 g/mol. The first-order valence-corrected chi connectivity index (χ1v) is 6.27. The second-order valence-electron chi connectivity index (χ2n) is 4.57. The van der Waals surface area contributed by atoms with Gasteiger partial charge in [0.15, 0.2) is 6.10 Å². The first-order chi connectivity index (χ1) is 9.95. The SMILES string of the molecule is CNc1ccn(C2OC(COC)C(OC)C2(F)F)c(=O)n1. The number of aromatic nitrogens is 2. The van der Waals surface area contributed by atoms with Crippen LogP contribution in [-0.2, 0) is 14.2 Å². The fourth-order valence-corrected chi connectivity index (χ4v) is 2.30. The number of hydrogen-bond acceptors (Lipinski definition) is 6. The van der Waals surface area contributed by atoms with E-state index in [-0.39, 0.29) is 12.4 Å². The zero-order valence-electron chi connectivity index (χ0n) is 11.9. The Morgan fingerprint density at radius 1 is 1.52 bits per heavy atom. The quantitative estimate of drug-likeness (QED) is 0.853. The van der Waals surface area contributed by atoms with Crippen molar-refractivity contribution >= 4 is 5.82 Å². The summed E-state index contributed by atoms with van der Waals surface area (Å²) in [6.07, 6.45) is -3.05. The Kier molecular flexibility index (Phi) is 4.55. The minimum absolute atomic E-state index is 0.0681. The summed E-state index contributed by atoms with van der Waals surface area (Å²) < 4.78 is 44.5. The molecule has 1 aromatic rings. The fourth-order valence-electron chi connectivity index (χ4n) is 2.30. The molecule has 2 rings (SSSR count). The molecule has 1 aliphatic rings. The van der Waals surface area contributed by atoms with Gasteiger partial charge in [-0.3, -0.25) is 4.57 Å². The van der Waals surface area contributed by atoms with Crippen molar-refractivity contribution in [1.29, 1.82) is 0 Å². The molecule has 0 bridgehead atoms. The third kappa shape index (κ3) is 2.76. The second kappa shape index (κ2) is 6.04. The van der Waals surface area contributed by atoms with Crippen molar-refractivity contribution in [3.63, 3.8) is 0 Å². The van der Waals surface area contributed by atoms with Gasteiger partial charge in [0.2, 0.25) is 6.23 Å². The Bertz CT molecular complexity index is 552. The minimum atomic E-state index is -3.38. The van der Waals surface area contributed by atoms with Gasteiger partial charge >= 0.3 is 11.6 Å². The molecule has 118 valence electrons. The summed E-state index contributed by atoms with van der Waals surface area (Å²) in [4.78, 5) is 15.5. The molecule has 9 heteroatoms. The molecule has 3 atom stereocenters. The number of hydrogen-bond donors (Lipinski definition) is 1. The predicted octanol–water partition coefficient (Wildman–Crippen LogP) is 0.479. The van der Waals surface area contributed by atoms with Gasteiger partial charge in [0, 0.05) is 27.5 Å². The van der Waals surface area contributed by atoms with Crippen LogP contribution < -0.4 is 11.0 Å². The van der Waals surface area contributed by atoms with Crippen molar-refractivity contribution < 1.29 is 23.0 Å². The summed E-state index contributed by atoms with van der Waals surface area (Å²) in [6, 6.07) is 1.41. The molecule has 0 spiro atoms. The molecule has 1 fully saturated rings. The van der Waals surface area contributed by atoms with Crippen LogP contribution in [-0.4, -0.2) is 55.6 Å². The highest BCUT2D eigenvalue weighted by molar-refractivity contribution is 5.30. The first-order valence-electron chi connectivity index (χ1n) is 6.27. The predicted molar refractivity (Wildman–Crippen MR) is 69.6 cm³/mol. The van der Waals surface area contributed by atoms with Gasteiger partial charge in [0.1, 0.15) is 11.9 Å². The van der Waals surface area contributed by atoms with E-state index in [1.807, 2.05) is 0 Å². The summed E-state index contributed by atoms with van der Waals surface area (Å²) in [5, 5.41) is 2.66. The smallest absolute Gasteiger partial charge is 0.351 e. The van der Waals surface area contributed by atoms with Crippen molar-refractivity contribution in [2.75, 3.05) is 33.2 Å². The molecule has 1 saturated heterocycles. The van der Waals surface area contributed by atoms with Crippen LogP contribution in [0.5, 0.6) is 0 Å². The van der Waals surface area contributed by atoms with E-state index in [2.05, 4.69) is 10.3 Å². The summed E-state index contributed by atoms with van der Waals surface area (Å²) in [5.74, 6) is -3.10.